The second kappa shape index (κ2) is 12.5. The van der Waals surface area contributed by atoms with Gasteiger partial charge in [-0.3, -0.25) is 9.78 Å². The molecule has 4 heterocycles. The molecular formula is C23H26Cl2FN5O4S. The van der Waals surface area contributed by atoms with Gasteiger partial charge in [-0.05, 0) is 38.8 Å². The molecule has 3 N–H and O–H groups in total. The van der Waals surface area contributed by atoms with Gasteiger partial charge in [0.15, 0.2) is 10.9 Å². The van der Waals surface area contributed by atoms with E-state index in [1.165, 1.54) is 18.3 Å². The van der Waals surface area contributed by atoms with Crippen molar-refractivity contribution in [2.75, 3.05) is 31.7 Å². The lowest BCUT2D eigenvalue weighted by Gasteiger charge is -2.32. The van der Waals surface area contributed by atoms with Crippen LogP contribution in [0, 0.1) is 12.7 Å². The van der Waals surface area contributed by atoms with Crippen molar-refractivity contribution in [1.82, 2.24) is 20.3 Å². The fourth-order valence-corrected chi connectivity index (χ4v) is 5.13. The molecule has 0 bridgehead atoms. The number of amides is 1. The van der Waals surface area contributed by atoms with Gasteiger partial charge in [0.2, 0.25) is 0 Å². The zero-order valence-electron chi connectivity index (χ0n) is 19.9. The summed E-state index contributed by atoms with van der Waals surface area (Å²) in [6, 6.07) is 2.68. The first-order chi connectivity index (χ1) is 17.3. The van der Waals surface area contributed by atoms with Crippen molar-refractivity contribution in [3.63, 3.8) is 0 Å². The molecule has 9 nitrogen and oxygen atoms in total. The molecule has 0 spiro atoms. The standard InChI is InChI=1S/C22H22Cl2FN5O3S.CH4O/c1-3-33-21(32)19-18(16-13(25)5-4-8-26-16)29-22(34-19)30-9-6-12(7-10-30)28-20(31)17-15(24)14(23)11(2)27-17;1-2/h4-5,8,12,27H,3,6-7,9-10H2,1-2H3,(H,28,31);2H,1H3. The number of ether oxygens (including phenoxy) is 1. The molecule has 1 aliphatic heterocycles. The second-order valence-corrected chi connectivity index (χ2v) is 9.45. The first-order valence-electron chi connectivity index (χ1n) is 11.1. The Hall–Kier alpha value is -2.73. The Morgan fingerprint density at radius 3 is 2.56 bits per heavy atom. The Morgan fingerprint density at radius 2 is 1.97 bits per heavy atom. The lowest BCUT2D eigenvalue weighted by Crippen LogP contribution is -2.44. The number of halogens is 3. The Labute approximate surface area is 221 Å². The van der Waals surface area contributed by atoms with E-state index in [0.717, 1.165) is 18.4 Å². The minimum Gasteiger partial charge on any atom is -0.462 e. The third-order valence-corrected chi connectivity index (χ3v) is 7.48. The summed E-state index contributed by atoms with van der Waals surface area (Å²) < 4.78 is 19.5. The maximum absolute atomic E-state index is 14.4. The highest BCUT2D eigenvalue weighted by Crippen LogP contribution is 2.35. The Bertz CT molecular complexity index is 1230. The topological polar surface area (TPSA) is 120 Å². The van der Waals surface area contributed by atoms with E-state index in [0.29, 0.717) is 41.8 Å². The largest absolute Gasteiger partial charge is 0.462 e. The van der Waals surface area contributed by atoms with Crippen LogP contribution in [-0.2, 0) is 4.74 Å². The van der Waals surface area contributed by atoms with Crippen molar-refractivity contribution in [3.05, 3.63) is 50.5 Å². The molecule has 36 heavy (non-hydrogen) atoms. The third-order valence-electron chi connectivity index (χ3n) is 5.44. The van der Waals surface area contributed by atoms with Gasteiger partial charge in [-0.25, -0.2) is 14.2 Å². The van der Waals surface area contributed by atoms with E-state index in [9.17, 15) is 14.0 Å². The molecule has 0 aliphatic carbocycles. The van der Waals surface area contributed by atoms with Crippen molar-refractivity contribution in [2.24, 2.45) is 0 Å². The summed E-state index contributed by atoms with van der Waals surface area (Å²) in [7, 11) is 1.00. The van der Waals surface area contributed by atoms with Crippen LogP contribution in [0.5, 0.6) is 0 Å². The van der Waals surface area contributed by atoms with E-state index in [1.54, 1.807) is 13.8 Å². The number of anilines is 1. The first-order valence-corrected chi connectivity index (χ1v) is 12.7. The van der Waals surface area contributed by atoms with Crippen molar-refractivity contribution < 1.29 is 23.8 Å². The number of piperidine rings is 1. The first kappa shape index (κ1) is 27.9. The van der Waals surface area contributed by atoms with E-state index in [2.05, 4.69) is 20.3 Å². The summed E-state index contributed by atoms with van der Waals surface area (Å²) in [5.74, 6) is -1.44. The van der Waals surface area contributed by atoms with E-state index >= 15 is 0 Å². The van der Waals surface area contributed by atoms with Crippen LogP contribution in [0.1, 0.15) is 45.6 Å². The van der Waals surface area contributed by atoms with Gasteiger partial charge >= 0.3 is 5.97 Å². The number of aryl methyl sites for hydroxylation is 1. The zero-order valence-corrected chi connectivity index (χ0v) is 22.2. The maximum atomic E-state index is 14.4. The van der Waals surface area contributed by atoms with E-state index in [1.807, 2.05) is 4.90 Å². The fourth-order valence-electron chi connectivity index (χ4n) is 3.70. The van der Waals surface area contributed by atoms with Crippen molar-refractivity contribution in [2.45, 2.75) is 32.7 Å². The molecule has 1 amide bonds. The monoisotopic (exact) mass is 557 g/mol. The SMILES string of the molecule is CCOC(=O)c1sc(N2CCC(NC(=O)c3[nH]c(C)c(Cl)c3Cl)CC2)nc1-c1ncccc1F.CO. The zero-order chi connectivity index (χ0) is 26.4. The number of pyridine rings is 1. The highest BCUT2D eigenvalue weighted by Gasteiger charge is 2.29. The molecule has 0 atom stereocenters. The van der Waals surface area contributed by atoms with Crippen LogP contribution < -0.4 is 10.2 Å². The normalized spacial score (nSPS) is 13.7. The molecule has 0 saturated carbocycles. The van der Waals surface area contributed by atoms with Crippen molar-refractivity contribution in [1.29, 1.82) is 0 Å². The van der Waals surface area contributed by atoms with Crippen LogP contribution in [0.4, 0.5) is 9.52 Å². The Morgan fingerprint density at radius 1 is 1.28 bits per heavy atom. The number of aromatic amines is 1. The van der Waals surface area contributed by atoms with Crippen LogP contribution in [0.2, 0.25) is 10.0 Å². The fraction of sp³-hybridized carbons (Fsp3) is 0.391. The number of esters is 1. The van der Waals surface area contributed by atoms with Crippen LogP contribution in [0.15, 0.2) is 18.3 Å². The van der Waals surface area contributed by atoms with E-state index in [4.69, 9.17) is 33.0 Å². The van der Waals surface area contributed by atoms with Gasteiger partial charge in [0, 0.05) is 38.1 Å². The number of aliphatic hydroxyl groups excluding tert-OH is 1. The maximum Gasteiger partial charge on any atom is 0.350 e. The summed E-state index contributed by atoms with van der Waals surface area (Å²) in [4.78, 5) is 38.9. The van der Waals surface area contributed by atoms with Gasteiger partial charge in [0.1, 0.15) is 22.0 Å². The number of nitrogens with zero attached hydrogens (tertiary/aromatic N) is 3. The number of rotatable bonds is 6. The molecule has 0 aromatic carbocycles. The van der Waals surface area contributed by atoms with Gasteiger partial charge in [0.05, 0.1) is 16.7 Å². The molecule has 1 aliphatic rings. The molecular weight excluding hydrogens is 532 g/mol. The molecule has 3 aromatic heterocycles. The van der Waals surface area contributed by atoms with Crippen LogP contribution in [0.3, 0.4) is 0 Å². The van der Waals surface area contributed by atoms with Crippen LogP contribution >= 0.6 is 34.5 Å². The molecule has 1 fully saturated rings. The number of H-pyrrole nitrogens is 1. The average Bonchev–Trinajstić information content (AvgIpc) is 3.43. The molecule has 13 heteroatoms. The van der Waals surface area contributed by atoms with E-state index in [-0.39, 0.29) is 45.5 Å². The number of hydrogen-bond donors (Lipinski definition) is 3. The van der Waals surface area contributed by atoms with E-state index < -0.39 is 11.8 Å². The smallest absolute Gasteiger partial charge is 0.350 e. The summed E-state index contributed by atoms with van der Waals surface area (Å²) in [5, 5.41) is 11.1. The number of aliphatic hydroxyl groups is 1. The molecule has 4 rings (SSSR count). The number of hydrogen-bond acceptors (Lipinski definition) is 8. The predicted octanol–water partition coefficient (Wildman–Crippen LogP) is 4.47. The highest BCUT2D eigenvalue weighted by molar-refractivity contribution is 7.17. The van der Waals surface area contributed by atoms with Gasteiger partial charge in [-0.2, -0.15) is 0 Å². The molecule has 0 unspecified atom stereocenters. The predicted molar refractivity (Wildman–Crippen MR) is 138 cm³/mol. The lowest BCUT2D eigenvalue weighted by atomic mass is 10.1. The summed E-state index contributed by atoms with van der Waals surface area (Å²) in [6.07, 6.45) is 2.75. The van der Waals surface area contributed by atoms with Crippen LogP contribution in [-0.4, -0.2) is 64.8 Å². The molecule has 0 radical (unpaired) electrons. The average molecular weight is 558 g/mol. The van der Waals surface area contributed by atoms with Gasteiger partial charge in [-0.15, -0.1) is 0 Å². The molecule has 194 valence electrons. The van der Waals surface area contributed by atoms with Crippen molar-refractivity contribution in [3.8, 4) is 11.4 Å². The van der Waals surface area contributed by atoms with Gasteiger partial charge < -0.3 is 25.0 Å². The van der Waals surface area contributed by atoms with Crippen LogP contribution in [0.25, 0.3) is 11.4 Å². The Kier molecular flexibility index (Phi) is 9.66. The summed E-state index contributed by atoms with van der Waals surface area (Å²) in [6.45, 7) is 4.81. The van der Waals surface area contributed by atoms with Gasteiger partial charge in [0.25, 0.3) is 5.91 Å². The highest BCUT2D eigenvalue weighted by atomic mass is 35.5. The Balaban J connectivity index is 0.00000176. The lowest BCUT2D eigenvalue weighted by molar-refractivity contribution is 0.0532. The molecule has 1 saturated heterocycles. The summed E-state index contributed by atoms with van der Waals surface area (Å²) >= 11 is 13.4. The number of thiazole rings is 1. The number of carbonyl (C=O) groups excluding carboxylic acids is 2. The third kappa shape index (κ3) is 5.97. The van der Waals surface area contributed by atoms with Gasteiger partial charge in [-0.1, -0.05) is 34.5 Å². The quantitative estimate of drug-likeness (QED) is 0.382. The molecule has 3 aromatic rings. The number of nitrogens with one attached hydrogen (secondary N) is 2. The second-order valence-electron chi connectivity index (χ2n) is 7.72. The number of aromatic nitrogens is 3. The minimum atomic E-state index is -0.565. The number of carbonyl (C=O) groups is 2. The minimum absolute atomic E-state index is 0.00647. The van der Waals surface area contributed by atoms with Crippen molar-refractivity contribution >= 4 is 51.5 Å². The summed E-state index contributed by atoms with van der Waals surface area (Å²) in [5.41, 5.74) is 1.05.